The summed E-state index contributed by atoms with van der Waals surface area (Å²) in [7, 11) is 2.22. The van der Waals surface area contributed by atoms with Crippen LogP contribution in [0.2, 0.25) is 0 Å². The summed E-state index contributed by atoms with van der Waals surface area (Å²) >= 11 is 2.07. The van der Waals surface area contributed by atoms with Crippen LogP contribution >= 0.6 is 11.8 Å². The summed E-state index contributed by atoms with van der Waals surface area (Å²) in [5.41, 5.74) is 0. The first-order valence-electron chi connectivity index (χ1n) is 5.87. The smallest absolute Gasteiger partial charge is 0.158 e. The zero-order valence-electron chi connectivity index (χ0n) is 9.48. The molecule has 0 aliphatic carbocycles. The maximum atomic E-state index is 5.54. The molecule has 0 amide bonds. The van der Waals surface area contributed by atoms with Gasteiger partial charge in [0.2, 0.25) is 0 Å². The van der Waals surface area contributed by atoms with Crippen molar-refractivity contribution in [3.63, 3.8) is 0 Å². The maximum Gasteiger partial charge on any atom is 0.158 e. The lowest BCUT2D eigenvalue weighted by Crippen LogP contribution is -2.35. The standard InChI is InChI=1S/C11H21NO2S/c1-12(10-4-8-15-9-10)5-3-11-13-6-2-7-14-11/h10-11H,2-9H2,1H3. The molecule has 0 aromatic carbocycles. The van der Waals surface area contributed by atoms with Crippen molar-refractivity contribution in [3.05, 3.63) is 0 Å². The van der Waals surface area contributed by atoms with Gasteiger partial charge >= 0.3 is 0 Å². The Morgan fingerprint density at radius 1 is 1.33 bits per heavy atom. The van der Waals surface area contributed by atoms with Crippen LogP contribution in [-0.4, -0.2) is 55.5 Å². The second-order valence-electron chi connectivity index (χ2n) is 4.31. The predicted molar refractivity (Wildman–Crippen MR) is 63.3 cm³/mol. The molecule has 3 nitrogen and oxygen atoms in total. The monoisotopic (exact) mass is 231 g/mol. The van der Waals surface area contributed by atoms with Crippen LogP contribution in [0.3, 0.4) is 0 Å². The van der Waals surface area contributed by atoms with E-state index in [0.717, 1.165) is 38.6 Å². The van der Waals surface area contributed by atoms with Gasteiger partial charge in [0.25, 0.3) is 0 Å². The molecule has 0 aromatic rings. The van der Waals surface area contributed by atoms with Crippen molar-refractivity contribution in [2.75, 3.05) is 38.3 Å². The number of hydrogen-bond acceptors (Lipinski definition) is 4. The van der Waals surface area contributed by atoms with Gasteiger partial charge in [-0.2, -0.15) is 11.8 Å². The van der Waals surface area contributed by atoms with Crippen LogP contribution in [0.4, 0.5) is 0 Å². The summed E-state index contributed by atoms with van der Waals surface area (Å²) in [5.74, 6) is 2.62. The Kier molecular flexibility index (Phi) is 4.75. The first-order chi connectivity index (χ1) is 7.36. The fourth-order valence-corrected chi connectivity index (χ4v) is 3.36. The van der Waals surface area contributed by atoms with Crippen molar-refractivity contribution in [3.8, 4) is 0 Å². The van der Waals surface area contributed by atoms with E-state index in [1.807, 2.05) is 0 Å². The van der Waals surface area contributed by atoms with E-state index < -0.39 is 0 Å². The number of ether oxygens (including phenoxy) is 2. The highest BCUT2D eigenvalue weighted by molar-refractivity contribution is 7.99. The molecule has 0 radical (unpaired) electrons. The third-order valence-corrected chi connectivity index (χ3v) is 4.29. The first kappa shape index (κ1) is 11.7. The summed E-state index contributed by atoms with van der Waals surface area (Å²) in [4.78, 5) is 2.46. The van der Waals surface area contributed by atoms with Crippen molar-refractivity contribution in [1.29, 1.82) is 0 Å². The van der Waals surface area contributed by atoms with Crippen molar-refractivity contribution >= 4 is 11.8 Å². The van der Waals surface area contributed by atoms with Gasteiger partial charge in [0.1, 0.15) is 0 Å². The molecule has 0 spiro atoms. The van der Waals surface area contributed by atoms with Gasteiger partial charge in [-0.15, -0.1) is 0 Å². The Labute approximate surface area is 96.5 Å². The molecule has 1 unspecified atom stereocenters. The van der Waals surface area contributed by atoms with Gasteiger partial charge in [-0.25, -0.2) is 0 Å². The Bertz CT molecular complexity index is 179. The van der Waals surface area contributed by atoms with E-state index in [0.29, 0.717) is 0 Å². The molecule has 2 aliphatic heterocycles. The van der Waals surface area contributed by atoms with Crippen molar-refractivity contribution < 1.29 is 9.47 Å². The Morgan fingerprint density at radius 3 is 2.80 bits per heavy atom. The number of nitrogens with zero attached hydrogens (tertiary/aromatic N) is 1. The van der Waals surface area contributed by atoms with Crippen LogP contribution in [0.5, 0.6) is 0 Å². The summed E-state index contributed by atoms with van der Waals surface area (Å²) in [5, 5.41) is 0. The van der Waals surface area contributed by atoms with Crippen LogP contribution in [0.25, 0.3) is 0 Å². The second kappa shape index (κ2) is 6.09. The molecular weight excluding hydrogens is 210 g/mol. The molecule has 15 heavy (non-hydrogen) atoms. The van der Waals surface area contributed by atoms with Crippen LogP contribution < -0.4 is 0 Å². The molecule has 2 rings (SSSR count). The minimum Gasteiger partial charge on any atom is -0.353 e. The van der Waals surface area contributed by atoms with Gasteiger partial charge in [-0.05, 0) is 25.6 Å². The molecule has 0 N–H and O–H groups in total. The van der Waals surface area contributed by atoms with Crippen LogP contribution in [0, 0.1) is 0 Å². The van der Waals surface area contributed by atoms with E-state index in [4.69, 9.17) is 9.47 Å². The van der Waals surface area contributed by atoms with E-state index in [1.165, 1.54) is 17.9 Å². The zero-order chi connectivity index (χ0) is 10.5. The first-order valence-corrected chi connectivity index (χ1v) is 7.03. The SMILES string of the molecule is CN(CCC1OCCCO1)C1CCSC1. The molecule has 2 fully saturated rings. The molecule has 88 valence electrons. The molecule has 0 bridgehead atoms. The van der Waals surface area contributed by atoms with Crippen molar-refractivity contribution in [2.24, 2.45) is 0 Å². The quantitative estimate of drug-likeness (QED) is 0.732. The Hall–Kier alpha value is 0.230. The Balaban J connectivity index is 1.63. The normalized spacial score (nSPS) is 28.8. The average Bonchev–Trinajstić information content (AvgIpc) is 2.81. The van der Waals surface area contributed by atoms with Gasteiger partial charge < -0.3 is 14.4 Å². The minimum atomic E-state index is 0.0512. The highest BCUT2D eigenvalue weighted by Crippen LogP contribution is 2.21. The van der Waals surface area contributed by atoms with E-state index in [9.17, 15) is 0 Å². The Morgan fingerprint density at radius 2 is 2.13 bits per heavy atom. The van der Waals surface area contributed by atoms with E-state index >= 15 is 0 Å². The van der Waals surface area contributed by atoms with E-state index in [2.05, 4.69) is 23.7 Å². The molecule has 2 aliphatic rings. The summed E-state index contributed by atoms with van der Waals surface area (Å²) in [6.07, 6.45) is 3.45. The number of thioether (sulfide) groups is 1. The third-order valence-electron chi connectivity index (χ3n) is 3.14. The van der Waals surface area contributed by atoms with Crippen LogP contribution in [-0.2, 0) is 9.47 Å². The van der Waals surface area contributed by atoms with Crippen molar-refractivity contribution in [1.82, 2.24) is 4.90 Å². The largest absolute Gasteiger partial charge is 0.353 e. The molecular formula is C11H21NO2S. The highest BCUT2D eigenvalue weighted by atomic mass is 32.2. The van der Waals surface area contributed by atoms with Crippen LogP contribution in [0.1, 0.15) is 19.3 Å². The molecule has 4 heteroatoms. The fourth-order valence-electron chi connectivity index (χ4n) is 2.06. The molecule has 0 aromatic heterocycles. The predicted octanol–water partition coefficient (Wildman–Crippen LogP) is 1.58. The number of rotatable bonds is 4. The van der Waals surface area contributed by atoms with E-state index in [1.54, 1.807) is 0 Å². The van der Waals surface area contributed by atoms with Gasteiger partial charge in [-0.1, -0.05) is 0 Å². The molecule has 0 saturated carbocycles. The number of hydrogen-bond donors (Lipinski definition) is 0. The van der Waals surface area contributed by atoms with Gasteiger partial charge in [0.05, 0.1) is 13.2 Å². The van der Waals surface area contributed by atoms with Gasteiger partial charge in [0.15, 0.2) is 6.29 Å². The topological polar surface area (TPSA) is 21.7 Å². The second-order valence-corrected chi connectivity index (χ2v) is 5.46. The van der Waals surface area contributed by atoms with Gasteiger partial charge in [-0.3, -0.25) is 0 Å². The zero-order valence-corrected chi connectivity index (χ0v) is 10.3. The lowest BCUT2D eigenvalue weighted by atomic mass is 10.2. The fraction of sp³-hybridized carbons (Fsp3) is 1.00. The summed E-state index contributed by atoms with van der Waals surface area (Å²) in [6, 6.07) is 0.776. The lowest BCUT2D eigenvalue weighted by Gasteiger charge is -2.28. The average molecular weight is 231 g/mol. The molecule has 2 saturated heterocycles. The van der Waals surface area contributed by atoms with Gasteiger partial charge in [0, 0.05) is 24.8 Å². The maximum absolute atomic E-state index is 5.54. The highest BCUT2D eigenvalue weighted by Gasteiger charge is 2.21. The molecule has 1 atom stereocenters. The third kappa shape index (κ3) is 3.63. The minimum absolute atomic E-state index is 0.0512. The lowest BCUT2D eigenvalue weighted by molar-refractivity contribution is -0.182. The summed E-state index contributed by atoms with van der Waals surface area (Å²) < 4.78 is 11.1. The van der Waals surface area contributed by atoms with Crippen LogP contribution in [0.15, 0.2) is 0 Å². The summed E-state index contributed by atoms with van der Waals surface area (Å²) in [6.45, 7) is 2.83. The van der Waals surface area contributed by atoms with E-state index in [-0.39, 0.29) is 6.29 Å². The molecule has 2 heterocycles. The van der Waals surface area contributed by atoms with Crippen molar-refractivity contribution in [2.45, 2.75) is 31.6 Å².